The number of aliphatic hydroxyl groups excluding tert-OH is 1. The van der Waals surface area contributed by atoms with Crippen molar-refractivity contribution in [1.29, 1.82) is 0 Å². The fraction of sp³-hybridized carbons (Fsp3) is 0.429. The van der Waals surface area contributed by atoms with Gasteiger partial charge in [0.25, 0.3) is 0 Å². The van der Waals surface area contributed by atoms with Crippen LogP contribution in [0.5, 0.6) is 11.5 Å². The van der Waals surface area contributed by atoms with Crippen molar-refractivity contribution < 1.29 is 19.9 Å². The topological polar surface area (TPSA) is 55.3 Å². The van der Waals surface area contributed by atoms with E-state index in [4.69, 9.17) is 15.9 Å². The number of hydrogen-bond acceptors (Lipinski definition) is 3. The lowest BCUT2D eigenvalue weighted by molar-refractivity contribution is -0.650. The van der Waals surface area contributed by atoms with Crippen LogP contribution in [-0.4, -0.2) is 37.5 Å². The quantitative estimate of drug-likeness (QED) is 0.505. The van der Waals surface area contributed by atoms with E-state index in [2.05, 4.69) is 5.92 Å². The average Bonchev–Trinajstić information content (AvgIpc) is 2.39. The summed E-state index contributed by atoms with van der Waals surface area (Å²) in [5, 5.41) is 11.5. The van der Waals surface area contributed by atoms with Crippen LogP contribution in [0.3, 0.4) is 0 Å². The maximum Gasteiger partial charge on any atom is 0.137 e. The first-order valence-corrected chi connectivity index (χ1v) is 6.05. The number of ether oxygens (including phenoxy) is 2. The lowest BCUT2D eigenvalue weighted by Crippen LogP contribution is -2.86. The van der Waals surface area contributed by atoms with Gasteiger partial charge in [0.05, 0.1) is 6.61 Å². The largest absolute Gasteiger partial charge is 0.494 e. The highest BCUT2D eigenvalue weighted by atomic mass is 16.5. The molecule has 0 radical (unpaired) electrons. The molecule has 1 aromatic rings. The maximum absolute atomic E-state index is 9.63. The Labute approximate surface area is 108 Å². The second kappa shape index (κ2) is 8.40. The highest BCUT2D eigenvalue weighted by molar-refractivity contribution is 5.31. The van der Waals surface area contributed by atoms with Gasteiger partial charge >= 0.3 is 0 Å². The van der Waals surface area contributed by atoms with Crippen LogP contribution in [0.2, 0.25) is 0 Å². The van der Waals surface area contributed by atoms with Gasteiger partial charge in [0.1, 0.15) is 37.3 Å². The van der Waals surface area contributed by atoms with E-state index in [0.29, 0.717) is 19.7 Å². The Morgan fingerprint density at radius 3 is 2.44 bits per heavy atom. The number of rotatable bonds is 8. The van der Waals surface area contributed by atoms with E-state index in [1.54, 1.807) is 0 Å². The standard InChI is InChI=1S/C14H19NO3/c1-3-9-15-10-12(16)11-18-14-7-5-13(6-8-14)17-4-2/h1,5-8,12,15-16H,4,9-11H2,2H3/p+1/t12-/m1/s1. The van der Waals surface area contributed by atoms with Crippen molar-refractivity contribution in [3.63, 3.8) is 0 Å². The minimum Gasteiger partial charge on any atom is -0.494 e. The summed E-state index contributed by atoms with van der Waals surface area (Å²) in [6, 6.07) is 7.33. The Kier molecular flexibility index (Phi) is 6.70. The summed E-state index contributed by atoms with van der Waals surface area (Å²) < 4.78 is 10.8. The van der Waals surface area contributed by atoms with Crippen molar-refractivity contribution in [2.45, 2.75) is 13.0 Å². The van der Waals surface area contributed by atoms with Gasteiger partial charge in [-0.15, -0.1) is 6.42 Å². The first kappa shape index (κ1) is 14.4. The first-order valence-electron chi connectivity index (χ1n) is 6.05. The molecule has 4 nitrogen and oxygen atoms in total. The highest BCUT2D eigenvalue weighted by Gasteiger charge is 2.06. The third kappa shape index (κ3) is 5.58. The smallest absolute Gasteiger partial charge is 0.137 e. The van der Waals surface area contributed by atoms with Crippen LogP contribution < -0.4 is 14.8 Å². The molecular weight excluding hydrogens is 230 g/mol. The molecule has 0 aliphatic carbocycles. The van der Waals surface area contributed by atoms with Crippen LogP contribution in [0.4, 0.5) is 0 Å². The van der Waals surface area contributed by atoms with Gasteiger partial charge in [-0.2, -0.15) is 0 Å². The molecular formula is C14H20NO3+. The number of hydrogen-bond donors (Lipinski definition) is 2. The van der Waals surface area contributed by atoms with Crippen LogP contribution in [0.1, 0.15) is 6.92 Å². The molecule has 98 valence electrons. The van der Waals surface area contributed by atoms with Crippen LogP contribution >= 0.6 is 0 Å². The molecule has 0 amide bonds. The molecule has 0 aliphatic heterocycles. The normalized spacial score (nSPS) is 11.6. The molecule has 0 fully saturated rings. The summed E-state index contributed by atoms with van der Waals surface area (Å²) in [5.41, 5.74) is 0. The lowest BCUT2D eigenvalue weighted by Gasteiger charge is -2.11. The van der Waals surface area contributed by atoms with E-state index in [9.17, 15) is 5.11 Å². The fourth-order valence-corrected chi connectivity index (χ4v) is 1.42. The molecule has 0 saturated heterocycles. The highest BCUT2D eigenvalue weighted by Crippen LogP contribution is 2.17. The number of quaternary nitrogens is 1. The molecule has 0 aromatic heterocycles. The number of aliphatic hydroxyl groups is 1. The summed E-state index contributed by atoms with van der Waals surface area (Å²) >= 11 is 0. The van der Waals surface area contributed by atoms with Gasteiger partial charge in [-0.3, -0.25) is 0 Å². The Morgan fingerprint density at radius 1 is 1.28 bits per heavy atom. The second-order valence-electron chi connectivity index (χ2n) is 3.80. The number of nitrogens with two attached hydrogens (primary N) is 1. The van der Waals surface area contributed by atoms with Crippen molar-refractivity contribution in [1.82, 2.24) is 0 Å². The molecule has 1 rings (SSSR count). The molecule has 3 N–H and O–H groups in total. The zero-order chi connectivity index (χ0) is 13.2. The minimum absolute atomic E-state index is 0.259. The molecule has 1 atom stereocenters. The fourth-order valence-electron chi connectivity index (χ4n) is 1.42. The van der Waals surface area contributed by atoms with Crippen LogP contribution in [0.25, 0.3) is 0 Å². The van der Waals surface area contributed by atoms with E-state index in [1.165, 1.54) is 0 Å². The first-order chi connectivity index (χ1) is 8.76. The Balaban J connectivity index is 2.28. The van der Waals surface area contributed by atoms with Gasteiger partial charge in [-0.05, 0) is 37.1 Å². The summed E-state index contributed by atoms with van der Waals surface area (Å²) in [5.74, 6) is 4.02. The molecule has 4 heteroatoms. The van der Waals surface area contributed by atoms with E-state index >= 15 is 0 Å². The molecule has 18 heavy (non-hydrogen) atoms. The summed E-state index contributed by atoms with van der Waals surface area (Å²) in [6.07, 6.45) is 4.59. The molecule has 0 unspecified atom stereocenters. The Hall–Kier alpha value is -1.70. The van der Waals surface area contributed by atoms with Gasteiger partial charge in [0, 0.05) is 0 Å². The van der Waals surface area contributed by atoms with Crippen molar-refractivity contribution in [3.8, 4) is 23.8 Å². The van der Waals surface area contributed by atoms with E-state index < -0.39 is 6.10 Å². The second-order valence-corrected chi connectivity index (χ2v) is 3.80. The SMILES string of the molecule is C#CC[NH2+]C[C@@H](O)COc1ccc(OCC)cc1. The average molecular weight is 250 g/mol. The third-order valence-corrected chi connectivity index (χ3v) is 2.28. The molecule has 0 spiro atoms. The molecule has 0 aliphatic rings. The van der Waals surface area contributed by atoms with Gasteiger partial charge in [0.2, 0.25) is 0 Å². The number of terminal acetylenes is 1. The molecule has 0 heterocycles. The van der Waals surface area contributed by atoms with Crippen molar-refractivity contribution in [2.75, 3.05) is 26.3 Å². The Bertz CT molecular complexity index is 370. The van der Waals surface area contributed by atoms with E-state index in [0.717, 1.165) is 11.5 Å². The van der Waals surface area contributed by atoms with Gasteiger partial charge in [-0.25, -0.2) is 0 Å². The van der Waals surface area contributed by atoms with Crippen molar-refractivity contribution >= 4 is 0 Å². The summed E-state index contributed by atoms with van der Waals surface area (Å²) in [4.78, 5) is 0. The predicted molar refractivity (Wildman–Crippen MR) is 69.6 cm³/mol. The van der Waals surface area contributed by atoms with Crippen LogP contribution in [0.15, 0.2) is 24.3 Å². The minimum atomic E-state index is -0.523. The zero-order valence-electron chi connectivity index (χ0n) is 10.6. The molecule has 0 bridgehead atoms. The van der Waals surface area contributed by atoms with Crippen LogP contribution in [-0.2, 0) is 0 Å². The maximum atomic E-state index is 9.63. The monoisotopic (exact) mass is 250 g/mol. The van der Waals surface area contributed by atoms with Gasteiger partial charge in [-0.1, -0.05) is 0 Å². The van der Waals surface area contributed by atoms with E-state index in [-0.39, 0.29) is 6.61 Å². The van der Waals surface area contributed by atoms with Crippen LogP contribution in [0, 0.1) is 12.3 Å². The third-order valence-electron chi connectivity index (χ3n) is 2.28. The van der Waals surface area contributed by atoms with Crippen molar-refractivity contribution in [3.05, 3.63) is 24.3 Å². The molecule has 1 aromatic carbocycles. The van der Waals surface area contributed by atoms with Crippen molar-refractivity contribution in [2.24, 2.45) is 0 Å². The summed E-state index contributed by atoms with van der Waals surface area (Å²) in [6.45, 7) is 3.95. The van der Waals surface area contributed by atoms with Gasteiger partial charge in [0.15, 0.2) is 0 Å². The number of benzene rings is 1. The Morgan fingerprint density at radius 2 is 1.89 bits per heavy atom. The zero-order valence-corrected chi connectivity index (χ0v) is 10.6. The van der Waals surface area contributed by atoms with Gasteiger partial charge < -0.3 is 19.9 Å². The summed E-state index contributed by atoms with van der Waals surface area (Å²) in [7, 11) is 0. The molecule has 0 saturated carbocycles. The lowest BCUT2D eigenvalue weighted by atomic mass is 10.3. The van der Waals surface area contributed by atoms with E-state index in [1.807, 2.05) is 36.5 Å². The predicted octanol–water partition coefficient (Wildman–Crippen LogP) is 0.0216.